The molecule has 2 bridgehead atoms. The van der Waals surface area contributed by atoms with Crippen molar-refractivity contribution in [1.82, 2.24) is 14.9 Å². The van der Waals surface area contributed by atoms with E-state index in [4.69, 9.17) is 4.74 Å². The smallest absolute Gasteiger partial charge is 0.233 e. The minimum Gasteiger partial charge on any atom is -0.490 e. The summed E-state index contributed by atoms with van der Waals surface area (Å²) in [6, 6.07) is 12.5. The normalized spacial score (nSPS) is 23.9. The summed E-state index contributed by atoms with van der Waals surface area (Å²) < 4.78 is 8.28. The fourth-order valence-electron chi connectivity index (χ4n) is 4.35. The zero-order valence-electron chi connectivity index (χ0n) is 15.4. The van der Waals surface area contributed by atoms with Gasteiger partial charge in [0.05, 0.1) is 16.0 Å². The van der Waals surface area contributed by atoms with E-state index in [1.54, 1.807) is 35.5 Å². The molecule has 2 aliphatic rings. The number of thiazole rings is 1. The molecule has 3 aromatic rings. The summed E-state index contributed by atoms with van der Waals surface area (Å²) in [5.74, 6) is 1.56. The van der Waals surface area contributed by atoms with Gasteiger partial charge in [0.2, 0.25) is 5.91 Å². The number of aromatic nitrogens is 2. The van der Waals surface area contributed by atoms with Crippen molar-refractivity contribution in [3.05, 3.63) is 48.8 Å². The molecular weight excluding hydrogens is 390 g/mol. The van der Waals surface area contributed by atoms with E-state index in [-0.39, 0.29) is 12.0 Å². The Kier molecular flexibility index (Phi) is 4.94. The van der Waals surface area contributed by atoms with E-state index >= 15 is 0 Å². The third-order valence-electron chi connectivity index (χ3n) is 5.52. The maximum Gasteiger partial charge on any atom is 0.233 e. The molecule has 4 heterocycles. The molecule has 2 aliphatic heterocycles. The first-order chi connectivity index (χ1) is 13.8. The number of thioether (sulfide) groups is 1. The van der Waals surface area contributed by atoms with Crippen molar-refractivity contribution < 1.29 is 9.53 Å². The van der Waals surface area contributed by atoms with Gasteiger partial charge in [0.1, 0.15) is 11.9 Å². The van der Waals surface area contributed by atoms with E-state index < -0.39 is 0 Å². The average molecular weight is 412 g/mol. The van der Waals surface area contributed by atoms with Crippen molar-refractivity contribution in [2.24, 2.45) is 0 Å². The monoisotopic (exact) mass is 411 g/mol. The van der Waals surface area contributed by atoms with E-state index in [0.29, 0.717) is 17.8 Å². The zero-order chi connectivity index (χ0) is 18.9. The van der Waals surface area contributed by atoms with Gasteiger partial charge in [0, 0.05) is 37.3 Å². The minimum atomic E-state index is 0.181. The third kappa shape index (κ3) is 3.61. The highest BCUT2D eigenvalue weighted by Gasteiger charge is 2.43. The van der Waals surface area contributed by atoms with Gasteiger partial charge in [0.25, 0.3) is 0 Å². The summed E-state index contributed by atoms with van der Waals surface area (Å²) in [6.45, 7) is 0. The first-order valence-corrected chi connectivity index (χ1v) is 11.4. The molecule has 1 amide bonds. The van der Waals surface area contributed by atoms with Crippen LogP contribution in [0.1, 0.15) is 25.7 Å². The van der Waals surface area contributed by atoms with Crippen LogP contribution in [0.25, 0.3) is 10.2 Å². The first-order valence-electron chi connectivity index (χ1n) is 9.62. The molecule has 0 spiro atoms. The Hall–Kier alpha value is -2.12. The van der Waals surface area contributed by atoms with Crippen LogP contribution in [-0.2, 0) is 4.79 Å². The number of fused-ring (bicyclic) bond motifs is 3. The van der Waals surface area contributed by atoms with Crippen LogP contribution >= 0.6 is 23.1 Å². The Labute approximate surface area is 172 Å². The second kappa shape index (κ2) is 7.72. The van der Waals surface area contributed by atoms with Gasteiger partial charge in [-0.1, -0.05) is 23.9 Å². The molecular formula is C21H21N3O2S2. The van der Waals surface area contributed by atoms with E-state index in [0.717, 1.165) is 41.3 Å². The molecule has 28 heavy (non-hydrogen) atoms. The van der Waals surface area contributed by atoms with Crippen LogP contribution in [0.5, 0.6) is 5.75 Å². The van der Waals surface area contributed by atoms with Gasteiger partial charge in [-0.15, -0.1) is 11.3 Å². The fourth-order valence-corrected chi connectivity index (χ4v) is 6.29. The maximum absolute atomic E-state index is 12.9. The summed E-state index contributed by atoms with van der Waals surface area (Å²) in [4.78, 5) is 23.7. The summed E-state index contributed by atoms with van der Waals surface area (Å²) in [5.41, 5.74) is 1.01. The second-order valence-corrected chi connectivity index (χ2v) is 9.57. The van der Waals surface area contributed by atoms with Gasteiger partial charge in [-0.2, -0.15) is 0 Å². The van der Waals surface area contributed by atoms with Gasteiger partial charge in [-0.25, -0.2) is 4.98 Å². The zero-order valence-corrected chi connectivity index (χ0v) is 17.0. The van der Waals surface area contributed by atoms with Crippen molar-refractivity contribution in [3.8, 4) is 5.75 Å². The van der Waals surface area contributed by atoms with Gasteiger partial charge < -0.3 is 9.64 Å². The Morgan fingerprint density at radius 3 is 2.64 bits per heavy atom. The highest BCUT2D eigenvalue weighted by molar-refractivity contribution is 8.01. The predicted molar refractivity (Wildman–Crippen MR) is 112 cm³/mol. The number of benzene rings is 1. The van der Waals surface area contributed by atoms with E-state index in [1.807, 2.05) is 30.3 Å². The van der Waals surface area contributed by atoms with Crippen LogP contribution in [0.15, 0.2) is 53.1 Å². The molecule has 7 heteroatoms. The molecule has 5 rings (SSSR count). The number of hydrogen-bond donors (Lipinski definition) is 0. The number of carbonyl (C=O) groups excluding carboxylic acids is 1. The van der Waals surface area contributed by atoms with Crippen LogP contribution in [0.4, 0.5) is 0 Å². The molecule has 144 valence electrons. The van der Waals surface area contributed by atoms with Crippen LogP contribution < -0.4 is 4.74 Å². The van der Waals surface area contributed by atoms with Gasteiger partial charge >= 0.3 is 0 Å². The van der Waals surface area contributed by atoms with Crippen molar-refractivity contribution in [1.29, 1.82) is 0 Å². The average Bonchev–Trinajstić information content (AvgIpc) is 3.25. The highest BCUT2D eigenvalue weighted by Crippen LogP contribution is 2.38. The number of ether oxygens (including phenoxy) is 1. The third-order valence-corrected chi connectivity index (χ3v) is 7.69. The molecule has 1 aromatic carbocycles. The van der Waals surface area contributed by atoms with Crippen molar-refractivity contribution in [3.63, 3.8) is 0 Å². The van der Waals surface area contributed by atoms with Gasteiger partial charge in [-0.3, -0.25) is 9.78 Å². The summed E-state index contributed by atoms with van der Waals surface area (Å²) in [5, 5.41) is 0. The molecule has 5 nitrogen and oxygen atoms in total. The molecule has 2 atom stereocenters. The number of nitrogens with zero attached hydrogens (tertiary/aromatic N) is 3. The quantitative estimate of drug-likeness (QED) is 0.583. The molecule has 2 saturated heterocycles. The number of para-hydroxylation sites is 1. The molecule has 0 N–H and O–H groups in total. The lowest BCUT2D eigenvalue weighted by Gasteiger charge is -2.38. The van der Waals surface area contributed by atoms with Crippen LogP contribution in [0, 0.1) is 0 Å². The van der Waals surface area contributed by atoms with E-state index in [1.165, 1.54) is 4.70 Å². The standard InChI is InChI=1S/C21H21N3O2S2/c25-20(13-27-21-23-18-3-1-2-4-19(18)28-21)24-14-5-6-15(24)12-17(11-14)26-16-7-9-22-10-8-16/h1-4,7-10,14-15,17H,5-6,11-13H2. The van der Waals surface area contributed by atoms with Crippen molar-refractivity contribution >= 4 is 39.2 Å². The molecule has 0 saturated carbocycles. The lowest BCUT2D eigenvalue weighted by molar-refractivity contribution is -0.134. The molecule has 2 fully saturated rings. The largest absolute Gasteiger partial charge is 0.490 e. The van der Waals surface area contributed by atoms with Gasteiger partial charge in [-0.05, 0) is 37.1 Å². The van der Waals surface area contributed by atoms with E-state index in [9.17, 15) is 4.79 Å². The molecule has 0 radical (unpaired) electrons. The number of pyridine rings is 1. The first kappa shape index (κ1) is 17.9. The molecule has 0 aliphatic carbocycles. The maximum atomic E-state index is 12.9. The summed E-state index contributed by atoms with van der Waals surface area (Å²) in [6.07, 6.45) is 7.67. The topological polar surface area (TPSA) is 55.3 Å². The Morgan fingerprint density at radius 2 is 1.89 bits per heavy atom. The van der Waals surface area contributed by atoms with Crippen molar-refractivity contribution in [2.45, 2.75) is 48.2 Å². The minimum absolute atomic E-state index is 0.181. The number of carbonyl (C=O) groups is 1. The second-order valence-electron chi connectivity index (χ2n) is 7.32. The van der Waals surface area contributed by atoms with Crippen molar-refractivity contribution in [2.75, 3.05) is 5.75 Å². The Balaban J connectivity index is 1.20. The highest BCUT2D eigenvalue weighted by atomic mass is 32.2. The lowest BCUT2D eigenvalue weighted by Crippen LogP contribution is -2.49. The SMILES string of the molecule is O=C(CSc1nc2ccccc2s1)N1C2CCC1CC(Oc1ccncc1)C2. The van der Waals surface area contributed by atoms with Crippen LogP contribution in [0.2, 0.25) is 0 Å². The van der Waals surface area contributed by atoms with Gasteiger partial charge in [0.15, 0.2) is 4.34 Å². The Bertz CT molecular complexity index is 931. The lowest BCUT2D eigenvalue weighted by atomic mass is 9.99. The Morgan fingerprint density at radius 1 is 1.14 bits per heavy atom. The number of piperidine rings is 1. The predicted octanol–water partition coefficient (Wildman–Crippen LogP) is 4.38. The van der Waals surface area contributed by atoms with Crippen LogP contribution in [-0.4, -0.2) is 44.7 Å². The molecule has 2 unspecified atom stereocenters. The summed E-state index contributed by atoms with van der Waals surface area (Å²) >= 11 is 3.22. The van der Waals surface area contributed by atoms with E-state index in [2.05, 4.69) is 20.9 Å². The molecule has 2 aromatic heterocycles. The number of rotatable bonds is 5. The summed E-state index contributed by atoms with van der Waals surface area (Å²) in [7, 11) is 0. The van der Waals surface area contributed by atoms with Crippen LogP contribution in [0.3, 0.4) is 0 Å². The number of amides is 1. The number of hydrogen-bond acceptors (Lipinski definition) is 6. The fraction of sp³-hybridized carbons (Fsp3) is 0.381.